The van der Waals surface area contributed by atoms with Gasteiger partial charge in [-0.1, -0.05) is 20.8 Å². The highest BCUT2D eigenvalue weighted by atomic mass is 16.4. The fourth-order valence-electron chi connectivity index (χ4n) is 2.64. The molecule has 21 heavy (non-hydrogen) atoms. The Balaban J connectivity index is 2.09. The van der Waals surface area contributed by atoms with E-state index in [0.717, 1.165) is 12.8 Å². The van der Waals surface area contributed by atoms with E-state index in [1.165, 1.54) is 18.3 Å². The smallest absolute Gasteiger partial charge is 0.335 e. The number of hydrogen-bond donors (Lipinski definition) is 1. The normalized spacial score (nSPS) is 17.8. The summed E-state index contributed by atoms with van der Waals surface area (Å²) in [6.45, 7) is 8.10. The number of carboxylic acid groups (broad SMARTS) is 1. The lowest BCUT2D eigenvalue weighted by Gasteiger charge is -2.42. The monoisotopic (exact) mass is 290 g/mol. The van der Waals surface area contributed by atoms with Gasteiger partial charge in [0.1, 0.15) is 5.69 Å². The number of aromatic carboxylic acids is 1. The molecular weight excluding hydrogens is 268 g/mol. The maximum absolute atomic E-state index is 12.4. The molecule has 1 aromatic heterocycles. The number of likely N-dealkylation sites (tertiary alicyclic amines) is 1. The van der Waals surface area contributed by atoms with Crippen LogP contribution in [0, 0.1) is 11.3 Å². The van der Waals surface area contributed by atoms with E-state index in [4.69, 9.17) is 5.11 Å². The van der Waals surface area contributed by atoms with Gasteiger partial charge in [-0.3, -0.25) is 9.78 Å². The van der Waals surface area contributed by atoms with Gasteiger partial charge in [-0.2, -0.15) is 0 Å². The van der Waals surface area contributed by atoms with Crippen molar-refractivity contribution in [2.45, 2.75) is 33.6 Å². The van der Waals surface area contributed by atoms with Gasteiger partial charge < -0.3 is 10.0 Å². The fourth-order valence-corrected chi connectivity index (χ4v) is 2.64. The van der Waals surface area contributed by atoms with Gasteiger partial charge in [0.15, 0.2) is 0 Å². The molecule has 1 fully saturated rings. The lowest BCUT2D eigenvalue weighted by molar-refractivity contribution is 0.0503. The molecule has 1 amide bonds. The third kappa shape index (κ3) is 3.23. The Morgan fingerprint density at radius 2 is 1.95 bits per heavy atom. The van der Waals surface area contributed by atoms with Crippen molar-refractivity contribution in [3.05, 3.63) is 29.6 Å². The highest BCUT2D eigenvalue weighted by Gasteiger charge is 2.34. The Kier molecular flexibility index (Phi) is 4.30. The number of hydrogen-bond acceptors (Lipinski definition) is 3. The average Bonchev–Trinajstić information content (AvgIpc) is 2.47. The summed E-state index contributed by atoms with van der Waals surface area (Å²) < 4.78 is 0. The van der Waals surface area contributed by atoms with Crippen molar-refractivity contribution in [2.75, 3.05) is 13.1 Å². The minimum Gasteiger partial charge on any atom is -0.478 e. The molecule has 1 aliphatic rings. The second-order valence-electron chi connectivity index (χ2n) is 6.34. The maximum Gasteiger partial charge on any atom is 0.335 e. The fraction of sp³-hybridized carbons (Fsp3) is 0.562. The second kappa shape index (κ2) is 5.84. The molecule has 1 saturated heterocycles. The van der Waals surface area contributed by atoms with Crippen LogP contribution in [0.1, 0.15) is 54.5 Å². The molecule has 5 heteroatoms. The van der Waals surface area contributed by atoms with Crippen molar-refractivity contribution in [2.24, 2.45) is 11.3 Å². The zero-order valence-corrected chi connectivity index (χ0v) is 12.8. The number of carbonyl (C=O) groups excluding carboxylic acids is 1. The maximum atomic E-state index is 12.4. The summed E-state index contributed by atoms with van der Waals surface area (Å²) in [7, 11) is 0. The SMILES string of the molecule is CC(C)C1(C)CCN(C(=O)c2cc(C(=O)O)ccn2)CC1. The van der Waals surface area contributed by atoms with E-state index >= 15 is 0 Å². The number of amides is 1. The molecule has 0 saturated carbocycles. The predicted molar refractivity (Wildman–Crippen MR) is 79.3 cm³/mol. The number of nitrogens with zero attached hydrogens (tertiary/aromatic N) is 2. The van der Waals surface area contributed by atoms with Crippen LogP contribution < -0.4 is 0 Å². The summed E-state index contributed by atoms with van der Waals surface area (Å²) in [5.41, 5.74) is 0.577. The lowest BCUT2D eigenvalue weighted by Crippen LogP contribution is -2.44. The molecule has 1 aliphatic heterocycles. The van der Waals surface area contributed by atoms with Crippen LogP contribution in [0.3, 0.4) is 0 Å². The van der Waals surface area contributed by atoms with E-state index < -0.39 is 5.97 Å². The summed E-state index contributed by atoms with van der Waals surface area (Å²) in [4.78, 5) is 29.2. The molecule has 0 radical (unpaired) electrons. The van der Waals surface area contributed by atoms with Crippen LogP contribution in [0.4, 0.5) is 0 Å². The zero-order chi connectivity index (χ0) is 15.6. The van der Waals surface area contributed by atoms with E-state index in [1.54, 1.807) is 4.90 Å². The van der Waals surface area contributed by atoms with Crippen molar-refractivity contribution in [1.82, 2.24) is 9.88 Å². The quantitative estimate of drug-likeness (QED) is 0.929. The van der Waals surface area contributed by atoms with Crippen LogP contribution in [0.5, 0.6) is 0 Å². The van der Waals surface area contributed by atoms with Crippen LogP contribution in [-0.2, 0) is 0 Å². The third-order valence-corrected chi connectivity index (χ3v) is 4.81. The largest absolute Gasteiger partial charge is 0.478 e. The number of piperidine rings is 1. The summed E-state index contributed by atoms with van der Waals surface area (Å²) in [5.74, 6) is -0.635. The topological polar surface area (TPSA) is 70.5 Å². The number of carboxylic acids is 1. The van der Waals surface area contributed by atoms with Gasteiger partial charge in [0.25, 0.3) is 5.91 Å². The molecule has 5 nitrogen and oxygen atoms in total. The van der Waals surface area contributed by atoms with Crippen LogP contribution >= 0.6 is 0 Å². The third-order valence-electron chi connectivity index (χ3n) is 4.81. The van der Waals surface area contributed by atoms with Crippen LogP contribution in [0.15, 0.2) is 18.3 Å². The minimum absolute atomic E-state index is 0.0948. The Bertz CT molecular complexity index is 546. The summed E-state index contributed by atoms with van der Waals surface area (Å²) in [5, 5.41) is 8.98. The van der Waals surface area contributed by atoms with Crippen molar-refractivity contribution in [3.63, 3.8) is 0 Å². The Morgan fingerprint density at radius 1 is 1.33 bits per heavy atom. The highest BCUT2D eigenvalue weighted by Crippen LogP contribution is 2.38. The first kappa shape index (κ1) is 15.5. The molecule has 2 rings (SSSR count). The lowest BCUT2D eigenvalue weighted by atomic mass is 9.72. The molecule has 1 N–H and O–H groups in total. The molecule has 0 unspecified atom stereocenters. The number of aromatic nitrogens is 1. The molecule has 1 aromatic rings. The van der Waals surface area contributed by atoms with Gasteiger partial charge in [-0.05, 0) is 36.3 Å². The molecule has 0 atom stereocenters. The summed E-state index contributed by atoms with van der Waals surface area (Å²) in [6.07, 6.45) is 3.31. The van der Waals surface area contributed by atoms with E-state index in [1.807, 2.05) is 0 Å². The van der Waals surface area contributed by atoms with Gasteiger partial charge >= 0.3 is 5.97 Å². The van der Waals surface area contributed by atoms with Crippen molar-refractivity contribution in [1.29, 1.82) is 0 Å². The molecule has 0 spiro atoms. The van der Waals surface area contributed by atoms with Crippen molar-refractivity contribution < 1.29 is 14.7 Å². The van der Waals surface area contributed by atoms with Gasteiger partial charge in [0.2, 0.25) is 0 Å². The summed E-state index contributed by atoms with van der Waals surface area (Å²) in [6, 6.07) is 2.74. The van der Waals surface area contributed by atoms with E-state index in [2.05, 4.69) is 25.8 Å². The van der Waals surface area contributed by atoms with E-state index in [0.29, 0.717) is 19.0 Å². The zero-order valence-electron chi connectivity index (χ0n) is 12.8. The first-order valence-electron chi connectivity index (χ1n) is 7.32. The second-order valence-corrected chi connectivity index (χ2v) is 6.34. The number of pyridine rings is 1. The average molecular weight is 290 g/mol. The van der Waals surface area contributed by atoms with Crippen molar-refractivity contribution in [3.8, 4) is 0 Å². The van der Waals surface area contributed by atoms with Crippen LogP contribution in [0.2, 0.25) is 0 Å². The summed E-state index contributed by atoms with van der Waals surface area (Å²) >= 11 is 0. The Hall–Kier alpha value is -1.91. The van der Waals surface area contributed by atoms with Gasteiger partial charge in [-0.15, -0.1) is 0 Å². The van der Waals surface area contributed by atoms with Crippen LogP contribution in [0.25, 0.3) is 0 Å². The molecule has 0 bridgehead atoms. The molecule has 0 aromatic carbocycles. The standard InChI is InChI=1S/C16H22N2O3/c1-11(2)16(3)5-8-18(9-6-16)14(19)13-10-12(15(20)21)4-7-17-13/h4,7,10-11H,5-6,8-9H2,1-3H3,(H,20,21). The van der Waals surface area contributed by atoms with Crippen LogP contribution in [-0.4, -0.2) is 40.0 Å². The first-order valence-corrected chi connectivity index (χ1v) is 7.32. The number of carbonyl (C=O) groups is 2. The van der Waals surface area contributed by atoms with Crippen molar-refractivity contribution >= 4 is 11.9 Å². The van der Waals surface area contributed by atoms with Gasteiger partial charge in [-0.25, -0.2) is 4.79 Å². The number of rotatable bonds is 3. The van der Waals surface area contributed by atoms with Gasteiger partial charge in [0, 0.05) is 19.3 Å². The van der Waals surface area contributed by atoms with E-state index in [-0.39, 0.29) is 22.6 Å². The molecule has 2 heterocycles. The molecular formula is C16H22N2O3. The molecule has 114 valence electrons. The highest BCUT2D eigenvalue weighted by molar-refractivity contribution is 5.95. The predicted octanol–water partition coefficient (Wildman–Crippen LogP) is 2.68. The molecule has 0 aliphatic carbocycles. The van der Waals surface area contributed by atoms with Gasteiger partial charge in [0.05, 0.1) is 5.56 Å². The van der Waals surface area contributed by atoms with E-state index in [9.17, 15) is 9.59 Å². The Labute approximate surface area is 125 Å². The minimum atomic E-state index is -1.04. The first-order chi connectivity index (χ1) is 9.83. The Morgan fingerprint density at radius 3 is 2.48 bits per heavy atom.